The van der Waals surface area contributed by atoms with Gasteiger partial charge < -0.3 is 13.8 Å². The molecule has 0 radical (unpaired) electrons. The van der Waals surface area contributed by atoms with Gasteiger partial charge in [0.25, 0.3) is 5.88 Å². The van der Waals surface area contributed by atoms with Crippen molar-refractivity contribution in [3.05, 3.63) is 65.4 Å². The van der Waals surface area contributed by atoms with E-state index in [4.69, 9.17) is 14.3 Å². The third kappa shape index (κ3) is 8.08. The number of aliphatic imine (C=N–C) groups is 1. The molecule has 5 rings (SSSR count). The maximum Gasteiger partial charge on any atom is 0.266 e. The van der Waals surface area contributed by atoms with Gasteiger partial charge in [-0.3, -0.25) is 14.7 Å². The van der Waals surface area contributed by atoms with Gasteiger partial charge in [-0.1, -0.05) is 61.7 Å². The van der Waals surface area contributed by atoms with Crippen molar-refractivity contribution in [2.75, 3.05) is 11.3 Å². The van der Waals surface area contributed by atoms with Crippen molar-refractivity contribution in [2.24, 2.45) is 4.99 Å². The van der Waals surface area contributed by atoms with Crippen molar-refractivity contribution in [2.45, 2.75) is 108 Å². The fraction of sp³-hybridized carbons (Fsp3) is 0.500. The van der Waals surface area contributed by atoms with E-state index in [0.717, 1.165) is 85.1 Å². The standard InChI is InChI=1S/C34H44N4O4S/c1-4-6-13-32(35-34(3)18-9-10-19-34)38(24-39)22-25-14-17-28(27(20-25)23-41-5-2)29-11-7-8-12-31(29)43(40)37-33-21-30(36-42-33)26-15-16-26/h7-8,11-12,14,17,20-21,24,26,37H,4-6,9-10,13,15-16,18-19,22-23H2,1-3H3. The van der Waals surface area contributed by atoms with Crippen LogP contribution in [-0.4, -0.2) is 39.0 Å². The molecule has 3 aromatic rings. The molecule has 0 bridgehead atoms. The molecule has 1 N–H and O–H groups in total. The molecule has 8 nitrogen and oxygen atoms in total. The van der Waals surface area contributed by atoms with Crippen LogP contribution in [0.4, 0.5) is 5.88 Å². The Bertz CT molecular complexity index is 1400. The van der Waals surface area contributed by atoms with E-state index >= 15 is 0 Å². The van der Waals surface area contributed by atoms with E-state index in [0.29, 0.717) is 36.5 Å². The summed E-state index contributed by atoms with van der Waals surface area (Å²) in [5.41, 5.74) is 4.58. The van der Waals surface area contributed by atoms with Crippen LogP contribution in [0.5, 0.6) is 0 Å². The third-order valence-corrected chi connectivity index (χ3v) is 9.51. The quantitative estimate of drug-likeness (QED) is 0.0823. The van der Waals surface area contributed by atoms with Gasteiger partial charge in [-0.25, -0.2) is 0 Å². The number of unbranched alkanes of at least 4 members (excludes halogenated alkanes) is 1. The number of aromatic nitrogens is 1. The number of amidine groups is 1. The molecule has 2 aromatic carbocycles. The Balaban J connectivity index is 1.41. The fourth-order valence-electron chi connectivity index (χ4n) is 5.79. The Morgan fingerprint density at radius 2 is 1.98 bits per heavy atom. The summed E-state index contributed by atoms with van der Waals surface area (Å²) < 4.78 is 27.8. The van der Waals surface area contributed by atoms with Crippen LogP contribution in [-0.2, 0) is 34.0 Å². The normalized spacial score (nSPS) is 17.2. The van der Waals surface area contributed by atoms with Crippen molar-refractivity contribution < 1.29 is 18.6 Å². The zero-order valence-electron chi connectivity index (χ0n) is 25.6. The molecule has 1 atom stereocenters. The molecule has 43 heavy (non-hydrogen) atoms. The van der Waals surface area contributed by atoms with Crippen LogP contribution in [0.15, 0.2) is 62.9 Å². The number of benzene rings is 2. The first-order valence-corrected chi connectivity index (χ1v) is 16.8. The molecule has 1 heterocycles. The number of carbonyl (C=O) groups is 1. The van der Waals surface area contributed by atoms with Crippen LogP contribution in [0.1, 0.15) is 101 Å². The lowest BCUT2D eigenvalue weighted by Crippen LogP contribution is -2.32. The van der Waals surface area contributed by atoms with Crippen LogP contribution in [0.25, 0.3) is 11.1 Å². The van der Waals surface area contributed by atoms with Crippen LogP contribution in [0.2, 0.25) is 0 Å². The highest BCUT2D eigenvalue weighted by atomic mass is 32.2. The molecular weight excluding hydrogens is 560 g/mol. The number of amides is 1. The molecule has 1 amide bonds. The first-order chi connectivity index (χ1) is 20.9. The maximum atomic E-state index is 13.5. The summed E-state index contributed by atoms with van der Waals surface area (Å²) in [6.45, 7) is 7.76. The summed E-state index contributed by atoms with van der Waals surface area (Å²) >= 11 is -1.57. The van der Waals surface area contributed by atoms with Gasteiger partial charge in [-0.05, 0) is 74.8 Å². The summed E-state index contributed by atoms with van der Waals surface area (Å²) in [5, 5.41) is 4.13. The van der Waals surface area contributed by atoms with Gasteiger partial charge in [0.05, 0.1) is 24.4 Å². The number of carbonyl (C=O) groups excluding carboxylic acids is 1. The largest absolute Gasteiger partial charge is 0.588 e. The number of hydrogen-bond donors (Lipinski definition) is 1. The van der Waals surface area contributed by atoms with Gasteiger partial charge >= 0.3 is 0 Å². The average molecular weight is 605 g/mol. The fourth-order valence-corrected chi connectivity index (χ4v) is 6.76. The molecule has 0 spiro atoms. The highest BCUT2D eigenvalue weighted by Crippen LogP contribution is 2.40. The summed E-state index contributed by atoms with van der Waals surface area (Å²) in [7, 11) is 0. The Labute approximate surface area is 258 Å². The van der Waals surface area contributed by atoms with Crippen molar-refractivity contribution in [1.29, 1.82) is 0 Å². The Morgan fingerprint density at radius 1 is 1.19 bits per heavy atom. The zero-order valence-corrected chi connectivity index (χ0v) is 26.5. The van der Waals surface area contributed by atoms with Gasteiger partial charge in [-0.2, -0.15) is 4.72 Å². The second kappa shape index (κ2) is 14.6. The summed E-state index contributed by atoms with van der Waals surface area (Å²) in [6.07, 6.45) is 10.5. The predicted molar refractivity (Wildman–Crippen MR) is 171 cm³/mol. The third-order valence-electron chi connectivity index (χ3n) is 8.37. The molecule has 1 aromatic heterocycles. The van der Waals surface area contributed by atoms with Crippen molar-refractivity contribution >= 4 is 29.5 Å². The van der Waals surface area contributed by atoms with Crippen molar-refractivity contribution in [1.82, 2.24) is 10.1 Å². The van der Waals surface area contributed by atoms with Crippen LogP contribution in [0, 0.1) is 0 Å². The Hall–Kier alpha value is -3.14. The molecule has 2 aliphatic rings. The number of rotatable bonds is 15. The molecule has 0 aliphatic heterocycles. The maximum absolute atomic E-state index is 13.5. The van der Waals surface area contributed by atoms with Gasteiger partial charge in [0.15, 0.2) is 4.90 Å². The number of nitrogens with one attached hydrogen (secondary N) is 1. The van der Waals surface area contributed by atoms with Gasteiger partial charge in [-0.15, -0.1) is 0 Å². The van der Waals surface area contributed by atoms with E-state index in [-0.39, 0.29) is 5.54 Å². The lowest BCUT2D eigenvalue weighted by atomic mass is 9.97. The average Bonchev–Trinajstić information content (AvgIpc) is 3.62. The van der Waals surface area contributed by atoms with E-state index in [1.54, 1.807) is 4.90 Å². The predicted octanol–water partition coefficient (Wildman–Crippen LogP) is 7.77. The van der Waals surface area contributed by atoms with E-state index in [2.05, 4.69) is 29.8 Å². The minimum absolute atomic E-state index is 0.0904. The molecule has 1 unspecified atom stereocenters. The molecule has 230 valence electrons. The van der Waals surface area contributed by atoms with E-state index < -0.39 is 11.4 Å². The number of hydrogen-bond acceptors (Lipinski definition) is 7. The Kier molecular flexibility index (Phi) is 10.6. The van der Waals surface area contributed by atoms with E-state index in [1.165, 1.54) is 12.8 Å². The lowest BCUT2D eigenvalue weighted by molar-refractivity contribution is -0.115. The molecule has 2 saturated carbocycles. The zero-order chi connectivity index (χ0) is 30.2. The molecular formula is C34H44N4O4S. The summed E-state index contributed by atoms with van der Waals surface area (Å²) in [6, 6.07) is 15.7. The minimum Gasteiger partial charge on any atom is -0.588 e. The van der Waals surface area contributed by atoms with Crippen LogP contribution < -0.4 is 4.72 Å². The number of ether oxygens (including phenoxy) is 1. The molecule has 2 aliphatic carbocycles. The minimum atomic E-state index is -1.57. The molecule has 0 saturated heterocycles. The Morgan fingerprint density at radius 3 is 2.70 bits per heavy atom. The van der Waals surface area contributed by atoms with Crippen molar-refractivity contribution in [3.63, 3.8) is 0 Å². The van der Waals surface area contributed by atoms with Gasteiger partial charge in [0, 0.05) is 30.6 Å². The first-order valence-electron chi connectivity index (χ1n) is 15.7. The SMILES string of the molecule is CCCCC(=NC1(C)CCCC1)N(C=O)Cc1ccc(-c2ccccc2[S+]([O-])Nc2cc(C3CC3)no2)c(COCC)c1. The van der Waals surface area contributed by atoms with Crippen LogP contribution >= 0.6 is 0 Å². The van der Waals surface area contributed by atoms with E-state index in [9.17, 15) is 9.35 Å². The molecule has 2 fully saturated rings. The highest BCUT2D eigenvalue weighted by Gasteiger charge is 2.30. The second-order valence-corrected chi connectivity index (χ2v) is 13.1. The topological polar surface area (TPSA) is 103 Å². The first kappa shape index (κ1) is 31.3. The lowest BCUT2D eigenvalue weighted by Gasteiger charge is -2.26. The van der Waals surface area contributed by atoms with Gasteiger partial charge in [0.2, 0.25) is 6.41 Å². The summed E-state index contributed by atoms with van der Waals surface area (Å²) in [4.78, 5) is 20.0. The highest BCUT2D eigenvalue weighted by molar-refractivity contribution is 7.92. The van der Waals surface area contributed by atoms with Gasteiger partial charge in [0.1, 0.15) is 17.2 Å². The molecule has 9 heteroatoms. The van der Waals surface area contributed by atoms with Crippen LogP contribution in [0.3, 0.4) is 0 Å². The summed E-state index contributed by atoms with van der Waals surface area (Å²) in [5.74, 6) is 1.73. The second-order valence-electron chi connectivity index (χ2n) is 12.0. The smallest absolute Gasteiger partial charge is 0.266 e. The van der Waals surface area contributed by atoms with E-state index in [1.807, 2.05) is 49.4 Å². The monoisotopic (exact) mass is 604 g/mol. The van der Waals surface area contributed by atoms with Crippen molar-refractivity contribution in [3.8, 4) is 11.1 Å². The number of anilines is 1. The number of nitrogens with zero attached hydrogens (tertiary/aromatic N) is 3.